The van der Waals surface area contributed by atoms with E-state index in [4.69, 9.17) is 14.9 Å². The van der Waals surface area contributed by atoms with Crippen LogP contribution in [0.5, 0.6) is 5.75 Å². The van der Waals surface area contributed by atoms with Gasteiger partial charge in [0.05, 0.1) is 13.3 Å². The Morgan fingerprint density at radius 1 is 1.20 bits per heavy atom. The number of nitrogens with one attached hydrogen (secondary N) is 1. The zero-order valence-electron chi connectivity index (χ0n) is 17.2. The first-order valence-electron chi connectivity index (χ1n) is 10.3. The van der Waals surface area contributed by atoms with E-state index in [2.05, 4.69) is 10.3 Å². The highest BCUT2D eigenvalue weighted by Gasteiger charge is 2.39. The molecule has 1 aromatic heterocycles. The van der Waals surface area contributed by atoms with Gasteiger partial charge in [-0.3, -0.25) is 4.79 Å². The molecule has 0 radical (unpaired) electrons. The molecule has 0 saturated heterocycles. The normalized spacial score (nSPS) is 24.9. The zero-order chi connectivity index (χ0) is 19.5. The summed E-state index contributed by atoms with van der Waals surface area (Å²) in [6.45, 7) is 0. The molecule has 3 N–H and O–H groups in total. The molecule has 2 unspecified atom stereocenters. The molecule has 4 rings (SSSR count). The Balaban J connectivity index is 0.00000160. The predicted octanol–water partition coefficient (Wildman–Crippen LogP) is 4.15. The molecule has 2 saturated carbocycles. The number of halogens is 2. The first kappa shape index (κ1) is 24.5. The maximum atomic E-state index is 12.5. The number of rotatable bonds is 6. The molecule has 2 aliphatic carbocycles. The SMILES string of the molecule is COc1ccc(-c2cnc(CCC(=O)NC3C4CCCC3CC(N)C4)o2)cc1.Cl.Cl. The van der Waals surface area contributed by atoms with E-state index in [1.54, 1.807) is 13.3 Å². The number of fused-ring (bicyclic) bond motifs is 2. The largest absolute Gasteiger partial charge is 0.497 e. The van der Waals surface area contributed by atoms with Crippen molar-refractivity contribution < 1.29 is 13.9 Å². The number of aromatic nitrogens is 1. The standard InChI is InChI=1S/C22H29N3O3.2ClH/c1-27-18-7-5-14(6-8-18)19-13-24-21(28-19)10-9-20(26)25-22-15-3-2-4-16(22)12-17(23)11-15;;/h5-8,13,15-17,22H,2-4,9-12,23H2,1H3,(H,25,26);2*1H. The van der Waals surface area contributed by atoms with Crippen LogP contribution < -0.4 is 15.8 Å². The van der Waals surface area contributed by atoms with Crippen LogP contribution in [0.4, 0.5) is 0 Å². The molecule has 166 valence electrons. The molecule has 0 aliphatic heterocycles. The van der Waals surface area contributed by atoms with Gasteiger partial charge in [-0.1, -0.05) is 6.42 Å². The third-order valence-corrected chi connectivity index (χ3v) is 6.20. The molecule has 1 heterocycles. The molecule has 1 amide bonds. The van der Waals surface area contributed by atoms with Crippen molar-refractivity contribution in [1.82, 2.24) is 10.3 Å². The summed E-state index contributed by atoms with van der Waals surface area (Å²) < 4.78 is 11.0. The molecule has 0 spiro atoms. The number of carbonyl (C=O) groups is 1. The van der Waals surface area contributed by atoms with Crippen LogP contribution in [0.3, 0.4) is 0 Å². The number of oxazole rings is 1. The first-order valence-corrected chi connectivity index (χ1v) is 10.3. The molecule has 2 bridgehead atoms. The van der Waals surface area contributed by atoms with Gasteiger partial charge in [-0.2, -0.15) is 0 Å². The fourth-order valence-electron chi connectivity index (χ4n) is 4.82. The molecule has 2 aliphatic rings. The average molecular weight is 456 g/mol. The van der Waals surface area contributed by atoms with Gasteiger partial charge in [0, 0.05) is 30.5 Å². The number of ether oxygens (including phenoxy) is 1. The van der Waals surface area contributed by atoms with E-state index in [9.17, 15) is 4.79 Å². The van der Waals surface area contributed by atoms with Gasteiger partial charge in [0.15, 0.2) is 11.7 Å². The highest BCUT2D eigenvalue weighted by atomic mass is 35.5. The molecule has 30 heavy (non-hydrogen) atoms. The van der Waals surface area contributed by atoms with Crippen LogP contribution in [0.1, 0.15) is 44.4 Å². The third-order valence-electron chi connectivity index (χ3n) is 6.20. The number of hydrogen-bond donors (Lipinski definition) is 2. The van der Waals surface area contributed by atoms with E-state index in [-0.39, 0.29) is 30.7 Å². The Bertz CT molecular complexity index is 798. The molecule has 2 fully saturated rings. The van der Waals surface area contributed by atoms with Gasteiger partial charge in [-0.25, -0.2) is 4.98 Å². The predicted molar refractivity (Wildman–Crippen MR) is 121 cm³/mol. The quantitative estimate of drug-likeness (QED) is 0.682. The van der Waals surface area contributed by atoms with Crippen molar-refractivity contribution in [2.75, 3.05) is 7.11 Å². The van der Waals surface area contributed by atoms with Gasteiger partial charge in [-0.05, 0) is 61.8 Å². The lowest BCUT2D eigenvalue weighted by Gasteiger charge is -2.45. The van der Waals surface area contributed by atoms with E-state index in [1.807, 2.05) is 24.3 Å². The van der Waals surface area contributed by atoms with Gasteiger partial charge < -0.3 is 20.2 Å². The molecule has 2 aromatic rings. The first-order chi connectivity index (χ1) is 13.6. The minimum absolute atomic E-state index is 0. The van der Waals surface area contributed by atoms with Gasteiger partial charge in [0.2, 0.25) is 5.91 Å². The number of nitrogens with zero attached hydrogens (tertiary/aromatic N) is 1. The molecule has 2 atom stereocenters. The lowest BCUT2D eigenvalue weighted by Crippen LogP contribution is -2.53. The highest BCUT2D eigenvalue weighted by molar-refractivity contribution is 5.85. The lowest BCUT2D eigenvalue weighted by atomic mass is 9.67. The van der Waals surface area contributed by atoms with Gasteiger partial charge in [0.25, 0.3) is 0 Å². The number of aryl methyl sites for hydroxylation is 1. The van der Waals surface area contributed by atoms with Crippen LogP contribution in [0.2, 0.25) is 0 Å². The van der Waals surface area contributed by atoms with Crippen LogP contribution in [0.25, 0.3) is 11.3 Å². The number of nitrogens with two attached hydrogens (primary N) is 1. The van der Waals surface area contributed by atoms with Crippen molar-refractivity contribution in [2.45, 2.75) is 57.0 Å². The topological polar surface area (TPSA) is 90.4 Å². The molecule has 8 heteroatoms. The summed E-state index contributed by atoms with van der Waals surface area (Å²) in [5, 5.41) is 3.29. The van der Waals surface area contributed by atoms with E-state index in [0.717, 1.165) is 24.2 Å². The summed E-state index contributed by atoms with van der Waals surface area (Å²) in [4.78, 5) is 16.8. The van der Waals surface area contributed by atoms with Crippen molar-refractivity contribution in [3.63, 3.8) is 0 Å². The Morgan fingerprint density at radius 2 is 1.87 bits per heavy atom. The van der Waals surface area contributed by atoms with E-state index < -0.39 is 0 Å². The van der Waals surface area contributed by atoms with Crippen molar-refractivity contribution in [3.8, 4) is 17.1 Å². The second kappa shape index (κ2) is 11.0. The van der Waals surface area contributed by atoms with E-state index in [0.29, 0.717) is 48.4 Å². The summed E-state index contributed by atoms with van der Waals surface area (Å²) in [7, 11) is 1.64. The molecular weight excluding hydrogens is 425 g/mol. The molecular formula is C22H31Cl2N3O3. The zero-order valence-corrected chi connectivity index (χ0v) is 18.8. The van der Waals surface area contributed by atoms with Gasteiger partial charge in [-0.15, -0.1) is 24.8 Å². The lowest BCUT2D eigenvalue weighted by molar-refractivity contribution is -0.123. The fraction of sp³-hybridized carbons (Fsp3) is 0.545. The third kappa shape index (κ3) is 5.68. The van der Waals surface area contributed by atoms with Gasteiger partial charge >= 0.3 is 0 Å². The Kier molecular flexibility index (Phi) is 9.01. The number of hydrogen-bond acceptors (Lipinski definition) is 5. The summed E-state index contributed by atoms with van der Waals surface area (Å²) in [6.07, 6.45) is 8.30. The summed E-state index contributed by atoms with van der Waals surface area (Å²) >= 11 is 0. The Hall–Kier alpha value is -1.76. The molecule has 1 aromatic carbocycles. The molecule has 6 nitrogen and oxygen atoms in total. The van der Waals surface area contributed by atoms with Crippen molar-refractivity contribution >= 4 is 30.7 Å². The summed E-state index contributed by atoms with van der Waals surface area (Å²) in [5.41, 5.74) is 7.12. The number of benzene rings is 1. The Labute approximate surface area is 190 Å². The van der Waals surface area contributed by atoms with Crippen LogP contribution in [-0.2, 0) is 11.2 Å². The van der Waals surface area contributed by atoms with Crippen molar-refractivity contribution in [3.05, 3.63) is 36.4 Å². The monoisotopic (exact) mass is 455 g/mol. The summed E-state index contributed by atoms with van der Waals surface area (Å²) in [6, 6.07) is 8.23. The maximum absolute atomic E-state index is 12.5. The minimum Gasteiger partial charge on any atom is -0.497 e. The average Bonchev–Trinajstić information content (AvgIpc) is 3.16. The smallest absolute Gasteiger partial charge is 0.220 e. The van der Waals surface area contributed by atoms with Crippen LogP contribution in [-0.4, -0.2) is 30.1 Å². The second-order valence-corrected chi connectivity index (χ2v) is 8.12. The van der Waals surface area contributed by atoms with Crippen LogP contribution >= 0.6 is 24.8 Å². The highest BCUT2D eigenvalue weighted by Crippen LogP contribution is 2.39. The maximum Gasteiger partial charge on any atom is 0.220 e. The Morgan fingerprint density at radius 3 is 2.50 bits per heavy atom. The van der Waals surface area contributed by atoms with Gasteiger partial charge in [0.1, 0.15) is 5.75 Å². The summed E-state index contributed by atoms with van der Waals surface area (Å²) in [5.74, 6) is 3.25. The van der Waals surface area contributed by atoms with Crippen molar-refractivity contribution in [2.24, 2.45) is 17.6 Å². The number of amides is 1. The van der Waals surface area contributed by atoms with Crippen LogP contribution in [0.15, 0.2) is 34.9 Å². The van der Waals surface area contributed by atoms with E-state index >= 15 is 0 Å². The number of methoxy groups -OCH3 is 1. The van der Waals surface area contributed by atoms with E-state index in [1.165, 1.54) is 19.3 Å². The van der Waals surface area contributed by atoms with Crippen LogP contribution in [0, 0.1) is 11.8 Å². The fourth-order valence-corrected chi connectivity index (χ4v) is 4.82. The van der Waals surface area contributed by atoms with Crippen molar-refractivity contribution in [1.29, 1.82) is 0 Å². The minimum atomic E-state index is 0. The number of carbonyl (C=O) groups excluding carboxylic acids is 1. The second-order valence-electron chi connectivity index (χ2n) is 8.12.